The number of Topliss-reactive ketones (excluding diaryl/α,β-unsaturated/α-hetero) is 1. The fourth-order valence-electron chi connectivity index (χ4n) is 3.98. The number of esters is 1. The SMILES string of the molecule is CCOC(=O)C1=C(C)NC2=C(C(=O)C[C@@H](c3cccs3)C2)[C@@H]1c1cccs1. The Morgan fingerprint density at radius 3 is 2.52 bits per heavy atom. The van der Waals surface area contributed by atoms with Crippen LogP contribution in [0.3, 0.4) is 0 Å². The van der Waals surface area contributed by atoms with E-state index >= 15 is 0 Å². The van der Waals surface area contributed by atoms with Crippen molar-refractivity contribution in [2.75, 3.05) is 6.61 Å². The summed E-state index contributed by atoms with van der Waals surface area (Å²) in [5.74, 6) is -0.364. The number of carbonyl (C=O) groups excluding carboxylic acids is 2. The Kier molecular flexibility index (Phi) is 5.02. The Morgan fingerprint density at radius 1 is 1.19 bits per heavy atom. The molecule has 4 nitrogen and oxygen atoms in total. The monoisotopic (exact) mass is 399 g/mol. The summed E-state index contributed by atoms with van der Waals surface area (Å²) in [5.41, 5.74) is 3.03. The first-order chi connectivity index (χ1) is 13.1. The largest absolute Gasteiger partial charge is 0.463 e. The molecule has 0 radical (unpaired) electrons. The van der Waals surface area contributed by atoms with E-state index in [1.165, 1.54) is 4.88 Å². The fourth-order valence-corrected chi connectivity index (χ4v) is 5.66. The summed E-state index contributed by atoms with van der Waals surface area (Å²) in [4.78, 5) is 28.2. The van der Waals surface area contributed by atoms with Crippen LogP contribution in [0.4, 0.5) is 0 Å². The standard InChI is InChI=1S/C21H21NO3S2/c1-3-25-21(24)18-12(2)22-14-10-13(16-6-4-8-26-16)11-15(23)19(14)20(18)17-7-5-9-27-17/h4-9,13,20,22H,3,10-11H2,1-2H3/t13-,20+/m0/s1. The molecule has 0 bridgehead atoms. The maximum Gasteiger partial charge on any atom is 0.336 e. The van der Waals surface area contributed by atoms with Gasteiger partial charge in [0.1, 0.15) is 0 Å². The molecule has 2 aromatic heterocycles. The Morgan fingerprint density at radius 2 is 1.89 bits per heavy atom. The van der Waals surface area contributed by atoms with Gasteiger partial charge in [0.15, 0.2) is 5.78 Å². The van der Waals surface area contributed by atoms with E-state index < -0.39 is 0 Å². The number of carbonyl (C=O) groups is 2. The summed E-state index contributed by atoms with van der Waals surface area (Å²) in [7, 11) is 0. The predicted molar refractivity (Wildman–Crippen MR) is 108 cm³/mol. The van der Waals surface area contributed by atoms with E-state index in [2.05, 4.69) is 16.8 Å². The minimum Gasteiger partial charge on any atom is -0.463 e. The van der Waals surface area contributed by atoms with Gasteiger partial charge in [-0.05, 0) is 43.2 Å². The molecule has 1 N–H and O–H groups in total. The highest BCUT2D eigenvalue weighted by atomic mass is 32.1. The molecule has 6 heteroatoms. The number of dihydropyridines is 1. The molecule has 3 heterocycles. The molecule has 0 aromatic carbocycles. The Balaban J connectivity index is 1.78. The number of hydrogen-bond acceptors (Lipinski definition) is 6. The van der Waals surface area contributed by atoms with Gasteiger partial charge in [-0.15, -0.1) is 22.7 Å². The molecule has 2 aromatic rings. The van der Waals surface area contributed by atoms with Crippen molar-refractivity contribution in [3.05, 3.63) is 67.3 Å². The van der Waals surface area contributed by atoms with Crippen LogP contribution in [0.1, 0.15) is 48.3 Å². The van der Waals surface area contributed by atoms with E-state index in [4.69, 9.17) is 4.74 Å². The maximum absolute atomic E-state index is 13.2. The second kappa shape index (κ2) is 7.44. The van der Waals surface area contributed by atoms with Crippen LogP contribution in [0.15, 0.2) is 57.6 Å². The molecule has 0 amide bonds. The Labute approximate surface area is 166 Å². The van der Waals surface area contributed by atoms with Crippen LogP contribution in [0.5, 0.6) is 0 Å². The van der Waals surface area contributed by atoms with E-state index in [-0.39, 0.29) is 23.6 Å². The highest BCUT2D eigenvalue weighted by Gasteiger charge is 2.41. The van der Waals surface area contributed by atoms with Crippen molar-refractivity contribution in [2.45, 2.75) is 38.5 Å². The topological polar surface area (TPSA) is 55.4 Å². The lowest BCUT2D eigenvalue weighted by Gasteiger charge is -2.35. The van der Waals surface area contributed by atoms with Gasteiger partial charge in [0, 0.05) is 39.1 Å². The van der Waals surface area contributed by atoms with Gasteiger partial charge in [0.25, 0.3) is 0 Å². The predicted octanol–water partition coefficient (Wildman–Crippen LogP) is 4.73. The number of hydrogen-bond donors (Lipinski definition) is 1. The summed E-state index contributed by atoms with van der Waals surface area (Å²) >= 11 is 3.27. The first-order valence-corrected chi connectivity index (χ1v) is 10.8. The van der Waals surface area contributed by atoms with Crippen LogP contribution in [0.25, 0.3) is 0 Å². The van der Waals surface area contributed by atoms with Crippen LogP contribution in [-0.2, 0) is 14.3 Å². The zero-order chi connectivity index (χ0) is 19.0. The first kappa shape index (κ1) is 18.2. The lowest BCUT2D eigenvalue weighted by Crippen LogP contribution is -2.35. The number of thiophene rings is 2. The van der Waals surface area contributed by atoms with Gasteiger partial charge < -0.3 is 10.1 Å². The van der Waals surface area contributed by atoms with Crippen LogP contribution in [0, 0.1) is 0 Å². The first-order valence-electron chi connectivity index (χ1n) is 9.08. The Hall–Kier alpha value is -2.18. The molecule has 2 aliphatic rings. The maximum atomic E-state index is 13.2. The third-order valence-electron chi connectivity index (χ3n) is 5.10. The number of ether oxygens (including phenoxy) is 1. The molecule has 27 heavy (non-hydrogen) atoms. The van der Waals surface area contributed by atoms with Crippen molar-refractivity contribution in [1.29, 1.82) is 0 Å². The molecule has 1 aliphatic carbocycles. The average molecular weight is 400 g/mol. The average Bonchev–Trinajstić information content (AvgIpc) is 3.34. The molecular weight excluding hydrogens is 378 g/mol. The van der Waals surface area contributed by atoms with Gasteiger partial charge in [-0.1, -0.05) is 12.1 Å². The number of rotatable bonds is 4. The lowest BCUT2D eigenvalue weighted by atomic mass is 9.74. The van der Waals surface area contributed by atoms with E-state index in [0.717, 1.165) is 28.3 Å². The summed E-state index contributed by atoms with van der Waals surface area (Å²) in [5, 5.41) is 7.40. The summed E-state index contributed by atoms with van der Waals surface area (Å²) in [6.45, 7) is 4.01. The van der Waals surface area contributed by atoms with Gasteiger partial charge in [0.05, 0.1) is 18.1 Å². The number of ketones is 1. The third kappa shape index (κ3) is 3.28. The second-order valence-corrected chi connectivity index (χ2v) is 8.73. The molecule has 0 fully saturated rings. The van der Waals surface area contributed by atoms with Crippen molar-refractivity contribution in [3.8, 4) is 0 Å². The van der Waals surface area contributed by atoms with Crippen LogP contribution in [-0.4, -0.2) is 18.4 Å². The molecule has 0 unspecified atom stereocenters. The summed E-state index contributed by atoms with van der Waals surface area (Å²) in [6, 6.07) is 8.08. The minimum absolute atomic E-state index is 0.120. The number of nitrogens with one attached hydrogen (secondary N) is 1. The van der Waals surface area contributed by atoms with Gasteiger partial charge in [-0.3, -0.25) is 4.79 Å². The normalized spacial score (nSPS) is 22.5. The van der Waals surface area contributed by atoms with Gasteiger partial charge in [-0.25, -0.2) is 4.79 Å². The van der Waals surface area contributed by atoms with Crippen molar-refractivity contribution in [3.63, 3.8) is 0 Å². The third-order valence-corrected chi connectivity index (χ3v) is 7.07. The zero-order valence-corrected chi connectivity index (χ0v) is 16.9. The highest BCUT2D eigenvalue weighted by molar-refractivity contribution is 7.10. The van der Waals surface area contributed by atoms with Gasteiger partial charge >= 0.3 is 5.97 Å². The van der Waals surface area contributed by atoms with Crippen molar-refractivity contribution >= 4 is 34.4 Å². The van der Waals surface area contributed by atoms with E-state index in [0.29, 0.717) is 18.6 Å². The minimum atomic E-state index is -0.347. The summed E-state index contributed by atoms with van der Waals surface area (Å²) < 4.78 is 5.31. The molecule has 0 spiro atoms. The fraction of sp³-hybridized carbons (Fsp3) is 0.333. The van der Waals surface area contributed by atoms with Crippen molar-refractivity contribution < 1.29 is 14.3 Å². The number of allylic oxidation sites excluding steroid dienone is 3. The van der Waals surface area contributed by atoms with Crippen LogP contribution < -0.4 is 5.32 Å². The highest BCUT2D eigenvalue weighted by Crippen LogP contribution is 2.47. The van der Waals surface area contributed by atoms with Crippen molar-refractivity contribution in [1.82, 2.24) is 5.32 Å². The molecule has 0 saturated carbocycles. The van der Waals surface area contributed by atoms with Gasteiger partial charge in [0.2, 0.25) is 0 Å². The van der Waals surface area contributed by atoms with E-state index in [1.54, 1.807) is 29.6 Å². The van der Waals surface area contributed by atoms with Gasteiger partial charge in [-0.2, -0.15) is 0 Å². The molecular formula is C21H21NO3S2. The quantitative estimate of drug-likeness (QED) is 0.755. The second-order valence-electron chi connectivity index (χ2n) is 6.77. The van der Waals surface area contributed by atoms with E-state index in [1.807, 2.05) is 30.5 Å². The smallest absolute Gasteiger partial charge is 0.336 e. The van der Waals surface area contributed by atoms with Crippen molar-refractivity contribution in [2.24, 2.45) is 0 Å². The van der Waals surface area contributed by atoms with Crippen LogP contribution >= 0.6 is 22.7 Å². The zero-order valence-electron chi connectivity index (χ0n) is 15.3. The lowest BCUT2D eigenvalue weighted by molar-refractivity contribution is -0.138. The molecule has 4 rings (SSSR count). The Bertz CT molecular complexity index is 923. The molecule has 2 atom stereocenters. The molecule has 140 valence electrons. The molecule has 1 aliphatic heterocycles. The molecule has 0 saturated heterocycles. The van der Waals surface area contributed by atoms with Crippen LogP contribution in [0.2, 0.25) is 0 Å². The summed E-state index contributed by atoms with van der Waals surface area (Å²) in [6.07, 6.45) is 1.27. The van der Waals surface area contributed by atoms with E-state index in [9.17, 15) is 9.59 Å².